The minimum absolute atomic E-state index is 0. The fourth-order valence-electron chi connectivity index (χ4n) is 2.71. The number of amides is 1. The fourth-order valence-corrected chi connectivity index (χ4v) is 4.18. The van der Waals surface area contributed by atoms with Crippen LogP contribution in [0.5, 0.6) is 0 Å². The van der Waals surface area contributed by atoms with Crippen LogP contribution in [-0.4, -0.2) is 56.3 Å². The minimum Gasteiger partial charge on any atom is -0.338 e. The van der Waals surface area contributed by atoms with Gasteiger partial charge in [-0.2, -0.15) is 4.31 Å². The number of piperidine rings is 1. The summed E-state index contributed by atoms with van der Waals surface area (Å²) >= 11 is 0. The third-order valence-electron chi connectivity index (χ3n) is 4.80. The van der Waals surface area contributed by atoms with E-state index in [0.29, 0.717) is 31.1 Å². The van der Waals surface area contributed by atoms with E-state index in [9.17, 15) is 13.2 Å². The third kappa shape index (κ3) is 4.94. The van der Waals surface area contributed by atoms with E-state index in [1.165, 1.54) is 16.4 Å². The molecular formula is C17H28ClN3O3S. The number of nitrogens with zero attached hydrogens (tertiary/aromatic N) is 2. The minimum atomic E-state index is -3.48. The van der Waals surface area contributed by atoms with E-state index in [1.807, 2.05) is 6.92 Å². The van der Waals surface area contributed by atoms with Crippen LogP contribution >= 0.6 is 12.4 Å². The Hall–Kier alpha value is -1.15. The molecule has 2 rings (SSSR count). The molecule has 0 radical (unpaired) electrons. The molecule has 1 aliphatic rings. The SMILES string of the molecule is CC1CCN(S(=O)(=O)c2ccc(C(=O)N(C)C(C)CN)cc2)CC1.Cl. The summed E-state index contributed by atoms with van der Waals surface area (Å²) in [7, 11) is -1.79. The maximum Gasteiger partial charge on any atom is 0.253 e. The zero-order valence-electron chi connectivity index (χ0n) is 15.0. The van der Waals surface area contributed by atoms with Gasteiger partial charge >= 0.3 is 0 Å². The molecule has 1 fully saturated rings. The predicted molar refractivity (Wildman–Crippen MR) is 101 cm³/mol. The number of hydrogen-bond acceptors (Lipinski definition) is 4. The van der Waals surface area contributed by atoms with Crippen molar-refractivity contribution in [1.29, 1.82) is 0 Å². The van der Waals surface area contributed by atoms with Gasteiger partial charge in [0.25, 0.3) is 5.91 Å². The molecule has 8 heteroatoms. The van der Waals surface area contributed by atoms with E-state index in [2.05, 4.69) is 6.92 Å². The smallest absolute Gasteiger partial charge is 0.253 e. The van der Waals surface area contributed by atoms with Crippen molar-refractivity contribution < 1.29 is 13.2 Å². The van der Waals surface area contributed by atoms with Gasteiger partial charge in [-0.15, -0.1) is 12.4 Å². The molecule has 1 saturated heterocycles. The Morgan fingerprint density at radius 3 is 2.28 bits per heavy atom. The van der Waals surface area contributed by atoms with E-state index in [4.69, 9.17) is 5.73 Å². The summed E-state index contributed by atoms with van der Waals surface area (Å²) in [5.74, 6) is 0.403. The zero-order chi connectivity index (χ0) is 17.9. The average Bonchev–Trinajstić information content (AvgIpc) is 2.60. The lowest BCUT2D eigenvalue weighted by molar-refractivity contribution is 0.0748. The maximum atomic E-state index is 12.7. The topological polar surface area (TPSA) is 83.7 Å². The first-order chi connectivity index (χ1) is 11.3. The summed E-state index contributed by atoms with van der Waals surface area (Å²) in [6, 6.07) is 6.10. The Morgan fingerprint density at radius 1 is 1.28 bits per heavy atom. The largest absolute Gasteiger partial charge is 0.338 e. The fraction of sp³-hybridized carbons (Fsp3) is 0.588. The van der Waals surface area contributed by atoms with Gasteiger partial charge in [-0.1, -0.05) is 6.92 Å². The number of carbonyl (C=O) groups excluding carboxylic acids is 1. The number of benzene rings is 1. The molecule has 1 atom stereocenters. The van der Waals surface area contributed by atoms with Gasteiger partial charge in [0.2, 0.25) is 10.0 Å². The van der Waals surface area contributed by atoms with Crippen LogP contribution in [0.2, 0.25) is 0 Å². The van der Waals surface area contributed by atoms with Crippen LogP contribution < -0.4 is 5.73 Å². The van der Waals surface area contributed by atoms with Gasteiger partial charge < -0.3 is 10.6 Å². The molecule has 1 aliphatic heterocycles. The van der Waals surface area contributed by atoms with Crippen molar-refractivity contribution in [2.45, 2.75) is 37.6 Å². The van der Waals surface area contributed by atoms with Gasteiger partial charge in [0.15, 0.2) is 0 Å². The van der Waals surface area contributed by atoms with Crippen LogP contribution in [-0.2, 0) is 10.0 Å². The summed E-state index contributed by atoms with van der Waals surface area (Å²) < 4.78 is 26.9. The standard InChI is InChI=1S/C17H27N3O3S.ClH/c1-13-8-10-20(11-9-13)24(22,23)16-6-4-15(5-7-16)17(21)19(3)14(2)12-18;/h4-7,13-14H,8-12,18H2,1-3H3;1H. The number of nitrogens with two attached hydrogens (primary N) is 1. The van der Waals surface area contributed by atoms with E-state index >= 15 is 0 Å². The monoisotopic (exact) mass is 389 g/mol. The molecule has 1 amide bonds. The second-order valence-electron chi connectivity index (χ2n) is 6.61. The summed E-state index contributed by atoms with van der Waals surface area (Å²) in [5.41, 5.74) is 6.05. The van der Waals surface area contributed by atoms with Crippen molar-refractivity contribution in [3.05, 3.63) is 29.8 Å². The predicted octanol–water partition coefficient (Wildman–Crippen LogP) is 1.95. The lowest BCUT2D eigenvalue weighted by atomic mass is 10.0. The van der Waals surface area contributed by atoms with Crippen LogP contribution in [0, 0.1) is 5.92 Å². The highest BCUT2D eigenvalue weighted by Gasteiger charge is 2.28. The van der Waals surface area contributed by atoms with Crippen molar-refractivity contribution in [2.24, 2.45) is 11.7 Å². The van der Waals surface area contributed by atoms with Crippen molar-refractivity contribution >= 4 is 28.3 Å². The Kier molecular flexibility index (Phi) is 7.87. The van der Waals surface area contributed by atoms with E-state index in [1.54, 1.807) is 24.1 Å². The highest BCUT2D eigenvalue weighted by atomic mass is 35.5. The molecule has 1 unspecified atom stereocenters. The molecular weight excluding hydrogens is 362 g/mol. The molecule has 2 N–H and O–H groups in total. The second kappa shape index (κ2) is 8.98. The third-order valence-corrected chi connectivity index (χ3v) is 6.72. The van der Waals surface area contributed by atoms with Crippen molar-refractivity contribution in [3.63, 3.8) is 0 Å². The van der Waals surface area contributed by atoms with Crippen molar-refractivity contribution in [3.8, 4) is 0 Å². The molecule has 0 aromatic heterocycles. The van der Waals surface area contributed by atoms with Crippen molar-refractivity contribution in [2.75, 3.05) is 26.7 Å². The summed E-state index contributed by atoms with van der Waals surface area (Å²) in [5, 5.41) is 0. The molecule has 142 valence electrons. The quantitative estimate of drug-likeness (QED) is 0.834. The van der Waals surface area contributed by atoms with Crippen molar-refractivity contribution in [1.82, 2.24) is 9.21 Å². The Morgan fingerprint density at radius 2 is 1.80 bits per heavy atom. The Bertz CT molecular complexity index is 671. The normalized spacial score (nSPS) is 17.6. The van der Waals surface area contributed by atoms with Crippen LogP contribution in [0.1, 0.15) is 37.0 Å². The molecule has 0 bridgehead atoms. The number of hydrogen-bond donors (Lipinski definition) is 1. The molecule has 1 aromatic carbocycles. The molecule has 1 aromatic rings. The lowest BCUT2D eigenvalue weighted by Crippen LogP contribution is -2.39. The molecule has 0 aliphatic carbocycles. The van der Waals surface area contributed by atoms with Gasteiger partial charge in [-0.25, -0.2) is 8.42 Å². The summed E-state index contributed by atoms with van der Waals surface area (Å²) in [4.78, 5) is 14.2. The molecule has 1 heterocycles. The first-order valence-electron chi connectivity index (χ1n) is 8.34. The number of likely N-dealkylation sites (N-methyl/N-ethyl adjacent to an activating group) is 1. The van der Waals surface area contributed by atoms with Crippen LogP contribution in [0.15, 0.2) is 29.2 Å². The van der Waals surface area contributed by atoms with E-state index in [-0.39, 0.29) is 29.3 Å². The number of sulfonamides is 1. The van der Waals surface area contributed by atoms with Gasteiger partial charge in [0, 0.05) is 38.3 Å². The number of halogens is 1. The van der Waals surface area contributed by atoms with Gasteiger partial charge in [-0.3, -0.25) is 4.79 Å². The average molecular weight is 390 g/mol. The molecule has 25 heavy (non-hydrogen) atoms. The van der Waals surface area contributed by atoms with E-state index in [0.717, 1.165) is 12.8 Å². The number of rotatable bonds is 5. The van der Waals surface area contributed by atoms with Crippen LogP contribution in [0.25, 0.3) is 0 Å². The van der Waals surface area contributed by atoms with Gasteiger partial charge in [0.1, 0.15) is 0 Å². The molecule has 0 saturated carbocycles. The summed E-state index contributed by atoms with van der Waals surface area (Å²) in [6.07, 6.45) is 1.77. The van der Waals surface area contributed by atoms with Gasteiger partial charge in [-0.05, 0) is 49.9 Å². The highest BCUT2D eigenvalue weighted by Crippen LogP contribution is 2.23. The lowest BCUT2D eigenvalue weighted by Gasteiger charge is -2.29. The Labute approximate surface area is 156 Å². The first-order valence-corrected chi connectivity index (χ1v) is 9.78. The van der Waals surface area contributed by atoms with E-state index < -0.39 is 10.0 Å². The molecule has 0 spiro atoms. The van der Waals surface area contributed by atoms with Crippen LogP contribution in [0.4, 0.5) is 0 Å². The maximum absolute atomic E-state index is 12.7. The zero-order valence-corrected chi connectivity index (χ0v) is 16.6. The molecule has 6 nitrogen and oxygen atoms in total. The first kappa shape index (κ1) is 21.9. The summed E-state index contributed by atoms with van der Waals surface area (Å²) in [6.45, 7) is 5.50. The van der Waals surface area contributed by atoms with Crippen LogP contribution in [0.3, 0.4) is 0 Å². The second-order valence-corrected chi connectivity index (χ2v) is 8.55. The van der Waals surface area contributed by atoms with Gasteiger partial charge in [0.05, 0.1) is 4.90 Å². The number of carbonyl (C=O) groups is 1. The Balaban J connectivity index is 0.00000312. The highest BCUT2D eigenvalue weighted by molar-refractivity contribution is 7.89.